The first-order valence-corrected chi connectivity index (χ1v) is 7.44. The molecule has 0 saturated carbocycles. The minimum atomic E-state index is -4.33. The van der Waals surface area contributed by atoms with Gasteiger partial charge in [-0.25, -0.2) is 0 Å². The van der Waals surface area contributed by atoms with E-state index in [1.165, 1.54) is 0 Å². The number of methoxy groups -OCH3 is 1. The van der Waals surface area contributed by atoms with Gasteiger partial charge < -0.3 is 4.74 Å². The van der Waals surface area contributed by atoms with Crippen molar-refractivity contribution in [2.45, 2.75) is 31.6 Å². The Morgan fingerprint density at radius 1 is 1.09 bits per heavy atom. The van der Waals surface area contributed by atoms with Crippen molar-refractivity contribution >= 4 is 0 Å². The van der Waals surface area contributed by atoms with E-state index in [9.17, 15) is 13.2 Å². The maximum absolute atomic E-state index is 13.5. The Kier molecular flexibility index (Phi) is 4.06. The molecule has 2 atom stereocenters. The van der Waals surface area contributed by atoms with Crippen LogP contribution in [0.3, 0.4) is 0 Å². The standard InChI is InChI=1S/C18H18F3NO/c1-11-3-4-13-10-16(12-5-7-14(23-2)8-6-12)22-17(15(13)9-11)18(19,20)21/h3-9,16-17,22H,10H2,1-2H3/t16-,17-/m1/s1. The van der Waals surface area contributed by atoms with Crippen molar-refractivity contribution in [1.82, 2.24) is 5.32 Å². The average molecular weight is 321 g/mol. The van der Waals surface area contributed by atoms with Crippen LogP contribution in [-0.2, 0) is 6.42 Å². The number of fused-ring (bicyclic) bond motifs is 1. The molecule has 0 saturated heterocycles. The van der Waals surface area contributed by atoms with Crippen molar-refractivity contribution in [2.24, 2.45) is 0 Å². The lowest BCUT2D eigenvalue weighted by Crippen LogP contribution is -2.41. The highest BCUT2D eigenvalue weighted by Crippen LogP contribution is 2.41. The molecule has 2 nitrogen and oxygen atoms in total. The zero-order valence-corrected chi connectivity index (χ0v) is 12.9. The molecule has 0 aromatic heterocycles. The second-order valence-electron chi connectivity index (χ2n) is 5.87. The fraction of sp³-hybridized carbons (Fsp3) is 0.333. The molecule has 1 aliphatic heterocycles. The largest absolute Gasteiger partial charge is 0.497 e. The molecular formula is C18H18F3NO. The summed E-state index contributed by atoms with van der Waals surface area (Å²) < 4.78 is 45.5. The molecule has 1 heterocycles. The first-order valence-electron chi connectivity index (χ1n) is 7.44. The van der Waals surface area contributed by atoms with Crippen LogP contribution < -0.4 is 10.1 Å². The summed E-state index contributed by atoms with van der Waals surface area (Å²) in [5.41, 5.74) is 2.74. The van der Waals surface area contributed by atoms with E-state index in [0.29, 0.717) is 17.7 Å². The van der Waals surface area contributed by atoms with E-state index in [4.69, 9.17) is 4.74 Å². The van der Waals surface area contributed by atoms with Crippen LogP contribution in [0, 0.1) is 6.92 Å². The average Bonchev–Trinajstić information content (AvgIpc) is 2.53. The van der Waals surface area contributed by atoms with Gasteiger partial charge in [0.2, 0.25) is 0 Å². The SMILES string of the molecule is COc1ccc([C@H]2Cc3ccc(C)cc3[C@H](C(F)(F)F)N2)cc1. The molecule has 23 heavy (non-hydrogen) atoms. The van der Waals surface area contributed by atoms with Crippen LogP contribution in [0.15, 0.2) is 42.5 Å². The maximum atomic E-state index is 13.5. The Balaban J connectivity index is 1.98. The third-order valence-electron chi connectivity index (χ3n) is 4.25. The molecule has 0 fully saturated rings. The number of halogens is 3. The maximum Gasteiger partial charge on any atom is 0.407 e. The summed E-state index contributed by atoms with van der Waals surface area (Å²) in [6.45, 7) is 1.81. The number of rotatable bonds is 2. The van der Waals surface area contributed by atoms with E-state index >= 15 is 0 Å². The molecule has 0 unspecified atom stereocenters. The van der Waals surface area contributed by atoms with E-state index < -0.39 is 12.2 Å². The van der Waals surface area contributed by atoms with E-state index in [2.05, 4.69) is 5.32 Å². The summed E-state index contributed by atoms with van der Waals surface area (Å²) >= 11 is 0. The van der Waals surface area contributed by atoms with Crippen LogP contribution in [0.2, 0.25) is 0 Å². The van der Waals surface area contributed by atoms with E-state index in [1.807, 2.05) is 25.1 Å². The lowest BCUT2D eigenvalue weighted by atomic mass is 9.86. The Morgan fingerprint density at radius 2 is 1.78 bits per heavy atom. The molecule has 2 aromatic carbocycles. The number of hydrogen-bond acceptors (Lipinski definition) is 2. The second-order valence-corrected chi connectivity index (χ2v) is 5.87. The number of ether oxygens (including phenoxy) is 1. The molecule has 1 aliphatic rings. The zero-order chi connectivity index (χ0) is 16.6. The van der Waals surface area contributed by atoms with Crippen LogP contribution in [-0.4, -0.2) is 13.3 Å². The molecule has 0 aliphatic carbocycles. The predicted molar refractivity (Wildman–Crippen MR) is 82.5 cm³/mol. The zero-order valence-electron chi connectivity index (χ0n) is 12.9. The first kappa shape index (κ1) is 15.9. The van der Waals surface area contributed by atoms with Crippen molar-refractivity contribution < 1.29 is 17.9 Å². The van der Waals surface area contributed by atoms with Gasteiger partial charge in [-0.15, -0.1) is 0 Å². The van der Waals surface area contributed by atoms with Gasteiger partial charge in [-0.05, 0) is 42.2 Å². The molecule has 0 spiro atoms. The minimum Gasteiger partial charge on any atom is -0.497 e. The molecular weight excluding hydrogens is 303 g/mol. The summed E-state index contributed by atoms with van der Waals surface area (Å²) in [6.07, 6.45) is -3.79. The van der Waals surface area contributed by atoms with Crippen molar-refractivity contribution in [3.8, 4) is 5.75 Å². The molecule has 0 amide bonds. The number of hydrogen-bond donors (Lipinski definition) is 1. The summed E-state index contributed by atoms with van der Waals surface area (Å²) in [6, 6.07) is 10.4. The van der Waals surface area contributed by atoms with Crippen molar-refractivity contribution in [1.29, 1.82) is 0 Å². The van der Waals surface area contributed by atoms with Gasteiger partial charge in [0.15, 0.2) is 0 Å². The fourth-order valence-electron chi connectivity index (χ4n) is 3.06. The highest BCUT2D eigenvalue weighted by atomic mass is 19.4. The van der Waals surface area contributed by atoms with Gasteiger partial charge in [-0.3, -0.25) is 5.32 Å². The predicted octanol–water partition coefficient (Wildman–Crippen LogP) is 4.49. The number of benzene rings is 2. The van der Waals surface area contributed by atoms with Gasteiger partial charge in [-0.2, -0.15) is 13.2 Å². The third-order valence-corrected chi connectivity index (χ3v) is 4.25. The molecule has 122 valence electrons. The Bertz CT molecular complexity index is 694. The molecule has 3 rings (SSSR count). The van der Waals surface area contributed by atoms with Gasteiger partial charge in [-0.1, -0.05) is 35.9 Å². The van der Waals surface area contributed by atoms with Crippen LogP contribution in [0.4, 0.5) is 13.2 Å². The first-order chi connectivity index (χ1) is 10.9. The summed E-state index contributed by atoms with van der Waals surface area (Å²) in [5.74, 6) is 0.688. The van der Waals surface area contributed by atoms with Gasteiger partial charge in [0.25, 0.3) is 0 Å². The summed E-state index contributed by atoms with van der Waals surface area (Å²) in [7, 11) is 1.56. The quantitative estimate of drug-likeness (QED) is 0.880. The van der Waals surface area contributed by atoms with Crippen molar-refractivity contribution in [3.05, 3.63) is 64.7 Å². The fourth-order valence-corrected chi connectivity index (χ4v) is 3.06. The Morgan fingerprint density at radius 3 is 2.39 bits per heavy atom. The van der Waals surface area contributed by atoms with Crippen LogP contribution in [0.1, 0.15) is 34.3 Å². The Labute approximate surface area is 133 Å². The second kappa shape index (κ2) is 5.89. The van der Waals surface area contributed by atoms with Crippen molar-refractivity contribution in [2.75, 3.05) is 7.11 Å². The van der Waals surface area contributed by atoms with Gasteiger partial charge in [0, 0.05) is 6.04 Å². The molecule has 2 aromatic rings. The van der Waals surface area contributed by atoms with E-state index in [-0.39, 0.29) is 6.04 Å². The van der Waals surface area contributed by atoms with Crippen molar-refractivity contribution in [3.63, 3.8) is 0 Å². The Hall–Kier alpha value is -2.01. The summed E-state index contributed by atoms with van der Waals surface area (Å²) in [5, 5.41) is 2.76. The normalized spacial score (nSPS) is 20.9. The van der Waals surface area contributed by atoms with Crippen LogP contribution in [0.25, 0.3) is 0 Å². The van der Waals surface area contributed by atoms with Gasteiger partial charge in [0.05, 0.1) is 7.11 Å². The highest BCUT2D eigenvalue weighted by molar-refractivity contribution is 5.40. The molecule has 0 bridgehead atoms. The number of nitrogens with one attached hydrogen (secondary N) is 1. The lowest BCUT2D eigenvalue weighted by molar-refractivity contribution is -0.161. The smallest absolute Gasteiger partial charge is 0.407 e. The topological polar surface area (TPSA) is 21.3 Å². The monoisotopic (exact) mass is 321 g/mol. The van der Waals surface area contributed by atoms with Crippen LogP contribution >= 0.6 is 0 Å². The third kappa shape index (κ3) is 3.20. The highest BCUT2D eigenvalue weighted by Gasteiger charge is 2.45. The van der Waals surface area contributed by atoms with Gasteiger partial charge >= 0.3 is 6.18 Å². The molecule has 1 N–H and O–H groups in total. The lowest BCUT2D eigenvalue weighted by Gasteiger charge is -2.35. The molecule has 0 radical (unpaired) electrons. The van der Waals surface area contributed by atoms with Crippen LogP contribution in [0.5, 0.6) is 5.75 Å². The number of aryl methyl sites for hydroxylation is 1. The molecule has 5 heteroatoms. The minimum absolute atomic E-state index is 0.335. The number of alkyl halides is 3. The summed E-state index contributed by atoms with van der Waals surface area (Å²) in [4.78, 5) is 0. The van der Waals surface area contributed by atoms with E-state index in [1.54, 1.807) is 31.4 Å². The van der Waals surface area contributed by atoms with E-state index in [0.717, 1.165) is 16.7 Å². The van der Waals surface area contributed by atoms with Gasteiger partial charge in [0.1, 0.15) is 11.8 Å².